The van der Waals surface area contributed by atoms with Gasteiger partial charge in [0.2, 0.25) is 5.78 Å². The molecule has 3 nitrogen and oxygen atoms in total. The van der Waals surface area contributed by atoms with Crippen LogP contribution in [0.2, 0.25) is 0 Å². The fraction of sp³-hybridized carbons (Fsp3) is 0.333. The number of Topliss-reactive ketones (excluding diaryl/α,β-unsaturated/α-hetero) is 1. The van der Waals surface area contributed by atoms with Gasteiger partial charge in [0.1, 0.15) is 5.83 Å². The third kappa shape index (κ3) is 8.56. The maximum absolute atomic E-state index is 13.2. The van der Waals surface area contributed by atoms with Gasteiger partial charge >= 0.3 is 0 Å². The molecule has 0 unspecified atom stereocenters. The normalized spacial score (nSPS) is 10.8. The van der Waals surface area contributed by atoms with Crippen LogP contribution in [-0.2, 0) is 9.59 Å². The topological polar surface area (TPSA) is 46.2 Å². The maximum atomic E-state index is 13.2. The van der Waals surface area contributed by atoms with Crippen LogP contribution in [0.1, 0.15) is 26.7 Å². The molecule has 19 heavy (non-hydrogen) atoms. The monoisotopic (exact) mass is 263 g/mol. The molecule has 1 N–H and O–H groups in total. The minimum absolute atomic E-state index is 0.0316. The van der Waals surface area contributed by atoms with Gasteiger partial charge in [0, 0.05) is 12.0 Å². The van der Waals surface area contributed by atoms with Crippen molar-refractivity contribution >= 4 is 11.7 Å². The van der Waals surface area contributed by atoms with E-state index in [9.17, 15) is 14.0 Å². The Hall–Kier alpha value is -2.15. The van der Waals surface area contributed by atoms with Gasteiger partial charge in [0.05, 0.1) is 6.54 Å². The predicted molar refractivity (Wildman–Crippen MR) is 73.8 cm³/mol. The van der Waals surface area contributed by atoms with E-state index in [1.54, 1.807) is 13.0 Å². The zero-order valence-electron chi connectivity index (χ0n) is 11.3. The molecule has 0 aromatic heterocycles. The average Bonchev–Trinajstić information content (AvgIpc) is 2.39. The van der Waals surface area contributed by atoms with Crippen LogP contribution in [-0.4, -0.2) is 18.2 Å². The lowest BCUT2D eigenvalue weighted by Crippen LogP contribution is -2.30. The number of rotatable bonds is 6. The van der Waals surface area contributed by atoms with E-state index in [4.69, 9.17) is 0 Å². The summed E-state index contributed by atoms with van der Waals surface area (Å²) in [6.07, 6.45) is 5.14. The van der Waals surface area contributed by atoms with Gasteiger partial charge in [0.25, 0.3) is 5.91 Å². The number of carbonyl (C=O) groups excluding carboxylic acids is 2. The molecule has 0 aromatic rings. The van der Waals surface area contributed by atoms with Crippen LogP contribution < -0.4 is 5.32 Å². The SMILES string of the molecule is C=C(C#CCNC(=O)C(=O)CC)/C=C(F)\C=C/CC. The Morgan fingerprint density at radius 3 is 2.63 bits per heavy atom. The Balaban J connectivity index is 4.23. The largest absolute Gasteiger partial charge is 0.339 e. The molecule has 0 aliphatic heterocycles. The number of hydrogen-bond acceptors (Lipinski definition) is 2. The summed E-state index contributed by atoms with van der Waals surface area (Å²) in [5, 5.41) is 2.34. The lowest BCUT2D eigenvalue weighted by molar-refractivity contribution is -0.137. The molecule has 4 heteroatoms. The van der Waals surface area contributed by atoms with Gasteiger partial charge in [-0.25, -0.2) is 4.39 Å². The highest BCUT2D eigenvalue weighted by molar-refractivity contribution is 6.36. The van der Waals surface area contributed by atoms with Crippen molar-refractivity contribution in [3.63, 3.8) is 0 Å². The summed E-state index contributed by atoms with van der Waals surface area (Å²) in [6.45, 7) is 7.10. The van der Waals surface area contributed by atoms with Crippen molar-refractivity contribution in [2.24, 2.45) is 0 Å². The summed E-state index contributed by atoms with van der Waals surface area (Å²) >= 11 is 0. The quantitative estimate of drug-likeness (QED) is 0.454. The van der Waals surface area contributed by atoms with Crippen molar-refractivity contribution in [2.45, 2.75) is 26.7 Å². The van der Waals surface area contributed by atoms with Crippen molar-refractivity contribution in [3.8, 4) is 11.8 Å². The maximum Gasteiger partial charge on any atom is 0.288 e. The molecule has 102 valence electrons. The standard InChI is InChI=1S/C15H18FNO2/c1-4-6-9-13(16)11-12(3)8-7-10-17-15(19)14(18)5-2/h6,9,11H,3-5,10H2,1-2H3,(H,17,19)/b9-6-,13-11+. The van der Waals surface area contributed by atoms with Gasteiger partial charge in [-0.3, -0.25) is 9.59 Å². The second-order valence-corrected chi connectivity index (χ2v) is 3.63. The van der Waals surface area contributed by atoms with Gasteiger partial charge in [-0.1, -0.05) is 38.3 Å². The lowest BCUT2D eigenvalue weighted by Gasteiger charge is -1.96. The van der Waals surface area contributed by atoms with Crippen LogP contribution >= 0.6 is 0 Å². The molecule has 0 bridgehead atoms. The van der Waals surface area contributed by atoms with Crippen molar-refractivity contribution in [1.82, 2.24) is 5.32 Å². The van der Waals surface area contributed by atoms with Crippen molar-refractivity contribution in [1.29, 1.82) is 0 Å². The predicted octanol–water partition coefficient (Wildman–Crippen LogP) is 2.46. The Bertz CT molecular complexity index is 464. The molecule has 0 aliphatic carbocycles. The molecular formula is C15H18FNO2. The number of nitrogens with one attached hydrogen (secondary N) is 1. The zero-order chi connectivity index (χ0) is 14.7. The summed E-state index contributed by atoms with van der Waals surface area (Å²) in [5.41, 5.74) is 0.300. The second-order valence-electron chi connectivity index (χ2n) is 3.63. The number of ketones is 1. The van der Waals surface area contributed by atoms with E-state index in [0.29, 0.717) is 5.57 Å². The van der Waals surface area contributed by atoms with Gasteiger partial charge < -0.3 is 5.32 Å². The van der Waals surface area contributed by atoms with E-state index in [1.807, 2.05) is 6.92 Å². The van der Waals surface area contributed by atoms with E-state index in [1.165, 1.54) is 12.2 Å². The number of carbonyl (C=O) groups is 2. The zero-order valence-corrected chi connectivity index (χ0v) is 11.3. The Kier molecular flexibility index (Phi) is 8.72. The first-order valence-electron chi connectivity index (χ1n) is 6.03. The van der Waals surface area contributed by atoms with Crippen molar-refractivity contribution in [2.75, 3.05) is 6.54 Å². The molecule has 0 fully saturated rings. The molecular weight excluding hydrogens is 245 g/mol. The summed E-state index contributed by atoms with van der Waals surface area (Å²) in [4.78, 5) is 22.0. The minimum atomic E-state index is -0.657. The smallest absolute Gasteiger partial charge is 0.288 e. The molecule has 0 atom stereocenters. The summed E-state index contributed by atoms with van der Waals surface area (Å²) in [7, 11) is 0. The van der Waals surface area contributed by atoms with Crippen LogP contribution in [0.15, 0.2) is 36.2 Å². The van der Waals surface area contributed by atoms with E-state index in [-0.39, 0.29) is 13.0 Å². The molecule has 0 saturated heterocycles. The van der Waals surface area contributed by atoms with Gasteiger partial charge in [-0.05, 0) is 18.6 Å². The molecule has 0 aliphatic rings. The Labute approximate surface area is 113 Å². The number of allylic oxidation sites excluding steroid dienone is 5. The molecule has 0 rings (SSSR count). The fourth-order valence-corrected chi connectivity index (χ4v) is 1.02. The minimum Gasteiger partial charge on any atom is -0.339 e. The second kappa shape index (κ2) is 9.84. The highest BCUT2D eigenvalue weighted by Gasteiger charge is 2.08. The van der Waals surface area contributed by atoms with Crippen LogP contribution in [0.25, 0.3) is 0 Å². The third-order valence-corrected chi connectivity index (χ3v) is 1.99. The average molecular weight is 263 g/mol. The van der Waals surface area contributed by atoms with Gasteiger partial charge in [-0.2, -0.15) is 0 Å². The first-order chi connectivity index (χ1) is 9.01. The first kappa shape index (κ1) is 16.9. The van der Waals surface area contributed by atoms with Gasteiger partial charge in [-0.15, -0.1) is 0 Å². The van der Waals surface area contributed by atoms with Crippen LogP contribution in [0.5, 0.6) is 0 Å². The molecule has 0 aromatic carbocycles. The van der Waals surface area contributed by atoms with E-state index in [2.05, 4.69) is 23.7 Å². The number of halogens is 1. The van der Waals surface area contributed by atoms with E-state index < -0.39 is 17.5 Å². The first-order valence-corrected chi connectivity index (χ1v) is 6.03. The summed E-state index contributed by atoms with van der Waals surface area (Å²) in [5.74, 6) is 3.60. The molecule has 1 amide bonds. The Morgan fingerprint density at radius 1 is 1.37 bits per heavy atom. The summed E-state index contributed by atoms with van der Waals surface area (Å²) in [6, 6.07) is 0. The molecule has 0 saturated carbocycles. The van der Waals surface area contributed by atoms with Crippen molar-refractivity contribution in [3.05, 3.63) is 36.2 Å². The Morgan fingerprint density at radius 2 is 2.05 bits per heavy atom. The summed E-state index contributed by atoms with van der Waals surface area (Å²) < 4.78 is 13.2. The molecule has 0 radical (unpaired) electrons. The van der Waals surface area contributed by atoms with Crippen LogP contribution in [0.4, 0.5) is 4.39 Å². The third-order valence-electron chi connectivity index (χ3n) is 1.99. The highest BCUT2D eigenvalue weighted by Crippen LogP contribution is 2.03. The van der Waals surface area contributed by atoms with Crippen molar-refractivity contribution < 1.29 is 14.0 Å². The lowest BCUT2D eigenvalue weighted by atomic mass is 10.2. The molecule has 0 spiro atoms. The number of amides is 1. The number of hydrogen-bond donors (Lipinski definition) is 1. The molecule has 0 heterocycles. The van der Waals surface area contributed by atoms with E-state index >= 15 is 0 Å². The fourth-order valence-electron chi connectivity index (χ4n) is 1.02. The highest BCUT2D eigenvalue weighted by atomic mass is 19.1. The van der Waals surface area contributed by atoms with E-state index in [0.717, 1.165) is 6.42 Å². The van der Waals surface area contributed by atoms with Gasteiger partial charge in [0.15, 0.2) is 0 Å². The van der Waals surface area contributed by atoms with Crippen LogP contribution in [0, 0.1) is 11.8 Å². The van der Waals surface area contributed by atoms with Crippen LogP contribution in [0.3, 0.4) is 0 Å².